The van der Waals surface area contributed by atoms with Gasteiger partial charge in [0.05, 0.1) is 0 Å². The summed E-state index contributed by atoms with van der Waals surface area (Å²) < 4.78 is 0. The van der Waals surface area contributed by atoms with E-state index in [2.05, 4.69) is 30.2 Å². The van der Waals surface area contributed by atoms with E-state index in [0.717, 1.165) is 24.2 Å². The lowest BCUT2D eigenvalue weighted by atomic mass is 10.2. The lowest BCUT2D eigenvalue weighted by Crippen LogP contribution is -2.07. The molecule has 1 aromatic rings. The number of hydrogen-bond acceptors (Lipinski definition) is 2. The fourth-order valence-corrected chi connectivity index (χ4v) is 1.96. The third-order valence-corrected chi connectivity index (χ3v) is 3.13. The molecule has 2 nitrogen and oxygen atoms in total. The Kier molecular flexibility index (Phi) is 2.71. The van der Waals surface area contributed by atoms with Crippen LogP contribution in [-0.2, 0) is 0 Å². The van der Waals surface area contributed by atoms with E-state index < -0.39 is 0 Å². The molecule has 76 valence electrons. The number of hydrogen-bond donors (Lipinski definition) is 1. The van der Waals surface area contributed by atoms with Crippen LogP contribution < -0.4 is 5.32 Å². The molecule has 0 bridgehead atoms. The van der Waals surface area contributed by atoms with Gasteiger partial charge in [0.15, 0.2) is 0 Å². The second kappa shape index (κ2) is 3.99. The normalized spacial score (nSPS) is 24.7. The Hall–Kier alpha value is -1.05. The number of nitrogens with zero attached hydrogens (tertiary/aromatic N) is 1. The minimum atomic E-state index is 0.890. The van der Waals surface area contributed by atoms with E-state index in [4.69, 9.17) is 0 Å². The Morgan fingerprint density at radius 1 is 1.50 bits per heavy atom. The maximum atomic E-state index is 4.32. The lowest BCUT2D eigenvalue weighted by Gasteiger charge is -2.06. The van der Waals surface area contributed by atoms with Crippen molar-refractivity contribution in [2.24, 2.45) is 11.8 Å². The molecular formula is C12H18N2. The number of rotatable bonds is 4. The highest BCUT2D eigenvalue weighted by molar-refractivity contribution is 5.42. The van der Waals surface area contributed by atoms with Crippen LogP contribution in [0.4, 0.5) is 5.82 Å². The SMILES string of the molecule is CC[C@@H]1C[C@H]1CNc1ncccc1C. The van der Waals surface area contributed by atoms with E-state index in [0.29, 0.717) is 0 Å². The van der Waals surface area contributed by atoms with Crippen molar-refractivity contribution in [3.05, 3.63) is 23.9 Å². The zero-order valence-electron chi connectivity index (χ0n) is 8.96. The first-order chi connectivity index (χ1) is 6.81. The predicted octanol–water partition coefficient (Wildman–Crippen LogP) is 2.85. The average Bonchev–Trinajstić information content (AvgIpc) is 2.95. The second-order valence-electron chi connectivity index (χ2n) is 4.21. The third-order valence-electron chi connectivity index (χ3n) is 3.13. The first kappa shape index (κ1) is 9.50. The summed E-state index contributed by atoms with van der Waals surface area (Å²) in [6, 6.07) is 4.08. The van der Waals surface area contributed by atoms with Crippen molar-refractivity contribution in [2.75, 3.05) is 11.9 Å². The fraction of sp³-hybridized carbons (Fsp3) is 0.583. The van der Waals surface area contributed by atoms with Gasteiger partial charge in [-0.15, -0.1) is 0 Å². The first-order valence-corrected chi connectivity index (χ1v) is 5.46. The molecule has 1 aliphatic carbocycles. The van der Waals surface area contributed by atoms with Crippen molar-refractivity contribution < 1.29 is 0 Å². The van der Waals surface area contributed by atoms with E-state index in [-0.39, 0.29) is 0 Å². The van der Waals surface area contributed by atoms with Gasteiger partial charge in [0.25, 0.3) is 0 Å². The summed E-state index contributed by atoms with van der Waals surface area (Å²) in [5, 5.41) is 3.43. The number of aromatic nitrogens is 1. The molecule has 1 aliphatic rings. The Labute approximate surface area is 85.7 Å². The molecule has 14 heavy (non-hydrogen) atoms. The van der Waals surface area contributed by atoms with Gasteiger partial charge < -0.3 is 5.32 Å². The van der Waals surface area contributed by atoms with Crippen molar-refractivity contribution in [1.29, 1.82) is 0 Å². The molecule has 1 N–H and O–H groups in total. The van der Waals surface area contributed by atoms with Gasteiger partial charge in [-0.3, -0.25) is 0 Å². The van der Waals surface area contributed by atoms with Gasteiger partial charge in [-0.2, -0.15) is 0 Å². The van der Waals surface area contributed by atoms with E-state index in [1.807, 2.05) is 12.3 Å². The number of pyridine rings is 1. The van der Waals surface area contributed by atoms with Crippen LogP contribution in [0.15, 0.2) is 18.3 Å². The first-order valence-electron chi connectivity index (χ1n) is 5.46. The van der Waals surface area contributed by atoms with Crippen LogP contribution in [0, 0.1) is 18.8 Å². The van der Waals surface area contributed by atoms with E-state index >= 15 is 0 Å². The summed E-state index contributed by atoms with van der Waals surface area (Å²) in [6.07, 6.45) is 4.57. The molecule has 1 fully saturated rings. The van der Waals surface area contributed by atoms with Crippen LogP contribution in [0.2, 0.25) is 0 Å². The topological polar surface area (TPSA) is 24.9 Å². The zero-order chi connectivity index (χ0) is 9.97. The Bertz CT molecular complexity index is 309. The van der Waals surface area contributed by atoms with Gasteiger partial charge in [-0.1, -0.05) is 19.4 Å². The second-order valence-corrected chi connectivity index (χ2v) is 4.21. The van der Waals surface area contributed by atoms with Gasteiger partial charge >= 0.3 is 0 Å². The summed E-state index contributed by atoms with van der Waals surface area (Å²) in [7, 11) is 0. The highest BCUT2D eigenvalue weighted by Crippen LogP contribution is 2.40. The number of nitrogens with one attached hydrogen (secondary N) is 1. The third kappa shape index (κ3) is 2.06. The predicted molar refractivity (Wildman–Crippen MR) is 59.4 cm³/mol. The molecule has 0 radical (unpaired) electrons. The summed E-state index contributed by atoms with van der Waals surface area (Å²) in [5.74, 6) is 2.90. The van der Waals surface area contributed by atoms with Crippen LogP contribution >= 0.6 is 0 Å². The summed E-state index contributed by atoms with van der Waals surface area (Å²) in [4.78, 5) is 4.32. The molecule has 0 amide bonds. The van der Waals surface area contributed by atoms with Gasteiger partial charge in [0.1, 0.15) is 5.82 Å². The Morgan fingerprint density at radius 2 is 2.36 bits per heavy atom. The Morgan fingerprint density at radius 3 is 3.00 bits per heavy atom. The molecule has 2 heteroatoms. The molecule has 1 heterocycles. The highest BCUT2D eigenvalue weighted by atomic mass is 15.0. The van der Waals surface area contributed by atoms with Crippen LogP contribution in [-0.4, -0.2) is 11.5 Å². The van der Waals surface area contributed by atoms with E-state index in [1.54, 1.807) is 0 Å². The lowest BCUT2D eigenvalue weighted by molar-refractivity contribution is 0.700. The molecule has 1 saturated carbocycles. The smallest absolute Gasteiger partial charge is 0.128 e. The molecule has 0 saturated heterocycles. The van der Waals surface area contributed by atoms with Gasteiger partial charge in [-0.25, -0.2) is 4.98 Å². The molecule has 0 spiro atoms. The van der Waals surface area contributed by atoms with Crippen molar-refractivity contribution in [1.82, 2.24) is 4.98 Å². The van der Waals surface area contributed by atoms with Crippen LogP contribution in [0.25, 0.3) is 0 Å². The largest absolute Gasteiger partial charge is 0.370 e. The Balaban J connectivity index is 1.84. The molecule has 0 aliphatic heterocycles. The van der Waals surface area contributed by atoms with Crippen LogP contribution in [0.1, 0.15) is 25.3 Å². The standard InChI is InChI=1S/C12H18N2/c1-3-10-7-11(10)8-14-12-9(2)5-4-6-13-12/h4-6,10-11H,3,7-8H2,1-2H3,(H,13,14)/t10-,11+/m1/s1. The van der Waals surface area contributed by atoms with Crippen molar-refractivity contribution in [2.45, 2.75) is 26.7 Å². The summed E-state index contributed by atoms with van der Waals surface area (Å²) in [5.41, 5.74) is 1.24. The molecule has 2 atom stereocenters. The van der Waals surface area contributed by atoms with Crippen molar-refractivity contribution >= 4 is 5.82 Å². The minimum absolute atomic E-state index is 0.890. The maximum absolute atomic E-state index is 4.32. The summed E-state index contributed by atoms with van der Waals surface area (Å²) in [6.45, 7) is 5.46. The highest BCUT2D eigenvalue weighted by Gasteiger charge is 2.34. The van der Waals surface area contributed by atoms with E-state index in [1.165, 1.54) is 18.4 Å². The van der Waals surface area contributed by atoms with E-state index in [9.17, 15) is 0 Å². The zero-order valence-corrected chi connectivity index (χ0v) is 8.96. The quantitative estimate of drug-likeness (QED) is 0.789. The molecule has 1 aromatic heterocycles. The molecule has 2 rings (SSSR count). The number of anilines is 1. The molecule has 0 aromatic carbocycles. The minimum Gasteiger partial charge on any atom is -0.370 e. The summed E-state index contributed by atoms with van der Waals surface area (Å²) >= 11 is 0. The molecule has 0 unspecified atom stereocenters. The van der Waals surface area contributed by atoms with Crippen molar-refractivity contribution in [3.8, 4) is 0 Å². The maximum Gasteiger partial charge on any atom is 0.128 e. The number of aryl methyl sites for hydroxylation is 1. The van der Waals surface area contributed by atoms with Crippen LogP contribution in [0.5, 0.6) is 0 Å². The monoisotopic (exact) mass is 190 g/mol. The van der Waals surface area contributed by atoms with Gasteiger partial charge in [0, 0.05) is 12.7 Å². The van der Waals surface area contributed by atoms with Crippen LogP contribution in [0.3, 0.4) is 0 Å². The van der Waals surface area contributed by atoms with Crippen molar-refractivity contribution in [3.63, 3.8) is 0 Å². The fourth-order valence-electron chi connectivity index (χ4n) is 1.96. The average molecular weight is 190 g/mol. The molecular weight excluding hydrogens is 172 g/mol. The van der Waals surface area contributed by atoms with Gasteiger partial charge in [0.2, 0.25) is 0 Å². The van der Waals surface area contributed by atoms with Gasteiger partial charge in [-0.05, 0) is 36.8 Å².